The van der Waals surface area contributed by atoms with Crippen molar-refractivity contribution in [2.45, 2.75) is 13.3 Å². The number of aliphatic carboxylic acids is 1. The van der Waals surface area contributed by atoms with E-state index in [-0.39, 0.29) is 11.5 Å². The minimum Gasteiger partial charge on any atom is -0.478 e. The van der Waals surface area contributed by atoms with Crippen LogP contribution in [-0.2, 0) is 4.79 Å². The SMILES string of the molecule is CCC(=Cc1cccc(NC(=O)c2cc(-c3cccc(OC(=O)N(C)C)c3)cc3ccccc23)c1)C(=O)O. The number of hydrogen-bond donors (Lipinski definition) is 2. The fourth-order valence-corrected chi connectivity index (χ4v) is 4.02. The molecule has 38 heavy (non-hydrogen) atoms. The summed E-state index contributed by atoms with van der Waals surface area (Å²) >= 11 is 0. The lowest BCUT2D eigenvalue weighted by Crippen LogP contribution is -2.25. The van der Waals surface area contributed by atoms with E-state index in [1.807, 2.05) is 42.5 Å². The molecule has 0 heterocycles. The summed E-state index contributed by atoms with van der Waals surface area (Å²) in [6.07, 6.45) is 1.51. The van der Waals surface area contributed by atoms with Crippen molar-refractivity contribution in [2.24, 2.45) is 0 Å². The minimum atomic E-state index is -0.967. The van der Waals surface area contributed by atoms with Crippen LogP contribution >= 0.6 is 0 Å². The number of amides is 2. The summed E-state index contributed by atoms with van der Waals surface area (Å²) in [6.45, 7) is 1.78. The molecule has 0 bridgehead atoms. The summed E-state index contributed by atoms with van der Waals surface area (Å²) in [7, 11) is 3.22. The lowest BCUT2D eigenvalue weighted by Gasteiger charge is -2.13. The lowest BCUT2D eigenvalue weighted by molar-refractivity contribution is -0.132. The van der Waals surface area contributed by atoms with Crippen LogP contribution in [0.1, 0.15) is 29.3 Å². The number of nitrogens with zero attached hydrogens (tertiary/aromatic N) is 1. The van der Waals surface area contributed by atoms with E-state index in [4.69, 9.17) is 4.74 Å². The number of anilines is 1. The number of rotatable bonds is 7. The highest BCUT2D eigenvalue weighted by Gasteiger charge is 2.15. The second-order valence-electron chi connectivity index (χ2n) is 8.94. The summed E-state index contributed by atoms with van der Waals surface area (Å²) in [6, 6.07) is 25.6. The van der Waals surface area contributed by atoms with Gasteiger partial charge in [-0.15, -0.1) is 0 Å². The third kappa shape index (κ3) is 6.07. The van der Waals surface area contributed by atoms with Crippen LogP contribution < -0.4 is 10.1 Å². The van der Waals surface area contributed by atoms with Crippen molar-refractivity contribution in [3.63, 3.8) is 0 Å². The molecule has 4 aromatic rings. The number of hydrogen-bond acceptors (Lipinski definition) is 4. The molecule has 0 saturated carbocycles. The number of carbonyl (C=O) groups excluding carboxylic acids is 2. The average molecular weight is 509 g/mol. The number of fused-ring (bicyclic) bond motifs is 1. The normalized spacial score (nSPS) is 11.2. The number of nitrogens with one attached hydrogen (secondary N) is 1. The zero-order valence-electron chi connectivity index (χ0n) is 21.4. The van der Waals surface area contributed by atoms with E-state index >= 15 is 0 Å². The Bertz CT molecular complexity index is 1560. The van der Waals surface area contributed by atoms with Gasteiger partial charge in [0.05, 0.1) is 0 Å². The number of benzene rings is 4. The molecule has 0 fully saturated rings. The standard InChI is InChI=1S/C31H28N2O5/c1-4-21(30(35)36)15-20-9-7-12-25(16-20)32-29(34)28-19-24(17-23-10-5-6-14-27(23)28)22-11-8-13-26(18-22)38-31(37)33(2)3/h5-19H,4H2,1-3H3,(H,32,34)(H,35,36). The van der Waals surface area contributed by atoms with Gasteiger partial charge in [-0.1, -0.05) is 55.5 Å². The van der Waals surface area contributed by atoms with E-state index < -0.39 is 12.1 Å². The Labute approximate surface area is 221 Å². The monoisotopic (exact) mass is 508 g/mol. The first-order chi connectivity index (χ1) is 18.2. The van der Waals surface area contributed by atoms with Crippen LogP contribution in [0.3, 0.4) is 0 Å². The average Bonchev–Trinajstić information content (AvgIpc) is 2.91. The first-order valence-electron chi connectivity index (χ1n) is 12.1. The molecular weight excluding hydrogens is 480 g/mol. The molecule has 0 unspecified atom stereocenters. The van der Waals surface area contributed by atoms with Crippen molar-refractivity contribution < 1.29 is 24.2 Å². The van der Waals surface area contributed by atoms with Gasteiger partial charge in [-0.05, 0) is 76.4 Å². The van der Waals surface area contributed by atoms with Crippen molar-refractivity contribution in [3.05, 3.63) is 102 Å². The van der Waals surface area contributed by atoms with Crippen molar-refractivity contribution in [1.29, 1.82) is 0 Å². The molecule has 0 saturated heterocycles. The molecule has 0 spiro atoms. The summed E-state index contributed by atoms with van der Waals surface area (Å²) < 4.78 is 5.41. The van der Waals surface area contributed by atoms with Gasteiger partial charge in [-0.25, -0.2) is 9.59 Å². The Balaban J connectivity index is 1.69. The highest BCUT2D eigenvalue weighted by atomic mass is 16.6. The zero-order chi connectivity index (χ0) is 27.2. The van der Waals surface area contributed by atoms with Gasteiger partial charge in [-0.2, -0.15) is 0 Å². The second-order valence-corrected chi connectivity index (χ2v) is 8.94. The summed E-state index contributed by atoms with van der Waals surface area (Å²) in [5.41, 5.74) is 3.59. The van der Waals surface area contributed by atoms with Gasteiger partial charge in [0.25, 0.3) is 5.91 Å². The van der Waals surface area contributed by atoms with Gasteiger partial charge in [0.15, 0.2) is 0 Å². The number of ether oxygens (including phenoxy) is 1. The summed E-state index contributed by atoms with van der Waals surface area (Å²) in [5.74, 6) is -0.864. The van der Waals surface area contributed by atoms with Crippen LogP contribution in [0.15, 0.2) is 90.5 Å². The number of carboxylic acid groups (broad SMARTS) is 1. The van der Waals surface area contributed by atoms with Crippen molar-refractivity contribution in [1.82, 2.24) is 4.90 Å². The lowest BCUT2D eigenvalue weighted by atomic mass is 9.96. The molecule has 192 valence electrons. The molecule has 0 atom stereocenters. The molecule has 7 nitrogen and oxygen atoms in total. The Morgan fingerprint density at radius 2 is 1.66 bits per heavy atom. The van der Waals surface area contributed by atoms with Crippen LogP contribution in [0.4, 0.5) is 10.5 Å². The molecule has 7 heteroatoms. The van der Waals surface area contributed by atoms with E-state index in [2.05, 4.69) is 5.32 Å². The van der Waals surface area contributed by atoms with Gasteiger partial charge >= 0.3 is 12.1 Å². The van der Waals surface area contributed by atoms with Gasteiger partial charge in [0.2, 0.25) is 0 Å². The maximum absolute atomic E-state index is 13.5. The van der Waals surface area contributed by atoms with E-state index in [1.54, 1.807) is 69.6 Å². The molecule has 0 aliphatic carbocycles. The predicted octanol–water partition coefficient (Wildman–Crippen LogP) is 6.70. The first kappa shape index (κ1) is 26.2. The van der Waals surface area contributed by atoms with Crippen LogP contribution in [0, 0.1) is 0 Å². The van der Waals surface area contributed by atoms with E-state index in [9.17, 15) is 19.5 Å². The molecule has 2 N–H and O–H groups in total. The van der Waals surface area contributed by atoms with E-state index in [1.165, 1.54) is 4.90 Å². The quantitative estimate of drug-likeness (QED) is 0.271. The van der Waals surface area contributed by atoms with Crippen LogP contribution in [-0.4, -0.2) is 42.1 Å². The zero-order valence-corrected chi connectivity index (χ0v) is 21.4. The maximum Gasteiger partial charge on any atom is 0.414 e. The smallest absolute Gasteiger partial charge is 0.414 e. The van der Waals surface area contributed by atoms with E-state index in [0.29, 0.717) is 29.0 Å². The summed E-state index contributed by atoms with van der Waals surface area (Å²) in [5, 5.41) is 14.0. The molecule has 0 aromatic heterocycles. The first-order valence-corrected chi connectivity index (χ1v) is 12.1. The number of carboxylic acids is 1. The maximum atomic E-state index is 13.5. The Kier molecular flexibility index (Phi) is 7.87. The van der Waals surface area contributed by atoms with Gasteiger partial charge < -0.3 is 20.1 Å². The third-order valence-corrected chi connectivity index (χ3v) is 5.99. The van der Waals surface area contributed by atoms with Crippen molar-refractivity contribution in [3.8, 4) is 16.9 Å². The predicted molar refractivity (Wildman–Crippen MR) is 149 cm³/mol. The molecule has 0 radical (unpaired) electrons. The van der Waals surface area contributed by atoms with Crippen LogP contribution in [0.5, 0.6) is 5.75 Å². The van der Waals surface area contributed by atoms with Crippen LogP contribution in [0.2, 0.25) is 0 Å². The minimum absolute atomic E-state index is 0.283. The molecule has 0 aliphatic heterocycles. The Morgan fingerprint density at radius 3 is 2.39 bits per heavy atom. The van der Waals surface area contributed by atoms with Crippen molar-refractivity contribution in [2.75, 3.05) is 19.4 Å². The fourth-order valence-electron chi connectivity index (χ4n) is 4.02. The summed E-state index contributed by atoms with van der Waals surface area (Å²) in [4.78, 5) is 38.2. The van der Waals surface area contributed by atoms with Gasteiger partial charge in [0, 0.05) is 30.9 Å². The van der Waals surface area contributed by atoms with Gasteiger partial charge in [-0.3, -0.25) is 4.79 Å². The Morgan fingerprint density at radius 1 is 0.895 bits per heavy atom. The van der Waals surface area contributed by atoms with E-state index in [0.717, 1.165) is 21.9 Å². The molecular formula is C31H28N2O5. The highest BCUT2D eigenvalue weighted by Crippen LogP contribution is 2.31. The topological polar surface area (TPSA) is 95.9 Å². The third-order valence-electron chi connectivity index (χ3n) is 5.99. The molecule has 4 aromatic carbocycles. The molecule has 2 amide bonds. The van der Waals surface area contributed by atoms with Gasteiger partial charge in [0.1, 0.15) is 5.75 Å². The largest absolute Gasteiger partial charge is 0.478 e. The highest BCUT2D eigenvalue weighted by molar-refractivity contribution is 6.14. The molecule has 0 aliphatic rings. The Hall–Kier alpha value is -4.91. The second kappa shape index (κ2) is 11.4. The molecule has 4 rings (SSSR count). The number of carbonyl (C=O) groups is 3. The fraction of sp³-hybridized carbons (Fsp3) is 0.129. The van der Waals surface area contributed by atoms with Crippen molar-refractivity contribution >= 4 is 40.5 Å². The van der Waals surface area contributed by atoms with Crippen LogP contribution in [0.25, 0.3) is 28.0 Å².